The molecule has 5 nitrogen and oxygen atoms in total. The monoisotopic (exact) mass is 408 g/mol. The summed E-state index contributed by atoms with van der Waals surface area (Å²) in [7, 11) is -3.76. The second kappa shape index (κ2) is 6.61. The van der Waals surface area contributed by atoms with Gasteiger partial charge in [-0.05, 0) is 55.3 Å². The van der Waals surface area contributed by atoms with E-state index >= 15 is 0 Å². The summed E-state index contributed by atoms with van der Waals surface area (Å²) in [6, 6.07) is 10.9. The summed E-state index contributed by atoms with van der Waals surface area (Å²) < 4.78 is 33.3. The van der Waals surface area contributed by atoms with Crippen molar-refractivity contribution in [2.75, 3.05) is 4.72 Å². The molecule has 0 amide bonds. The molecule has 4 rings (SSSR count). The number of halogens is 2. The van der Waals surface area contributed by atoms with Gasteiger partial charge in [-0.3, -0.25) is 4.72 Å². The van der Waals surface area contributed by atoms with Crippen molar-refractivity contribution >= 4 is 38.9 Å². The Balaban J connectivity index is 1.56. The lowest BCUT2D eigenvalue weighted by atomic mass is 10.2. The number of oxazole rings is 1. The molecule has 26 heavy (non-hydrogen) atoms. The first-order chi connectivity index (χ1) is 12.4. The highest BCUT2D eigenvalue weighted by Gasteiger charge is 2.28. The summed E-state index contributed by atoms with van der Waals surface area (Å²) in [5.74, 6) is 1.80. The van der Waals surface area contributed by atoms with Crippen LogP contribution in [-0.4, -0.2) is 13.4 Å². The Morgan fingerprint density at radius 2 is 1.69 bits per heavy atom. The van der Waals surface area contributed by atoms with Crippen LogP contribution in [0.15, 0.2) is 58.0 Å². The van der Waals surface area contributed by atoms with Crippen molar-refractivity contribution in [3.8, 4) is 11.3 Å². The molecule has 8 heteroatoms. The Morgan fingerprint density at radius 1 is 1.04 bits per heavy atom. The van der Waals surface area contributed by atoms with Gasteiger partial charge in [0.15, 0.2) is 11.7 Å². The van der Waals surface area contributed by atoms with E-state index in [9.17, 15) is 8.42 Å². The van der Waals surface area contributed by atoms with Crippen LogP contribution in [0.5, 0.6) is 0 Å². The van der Waals surface area contributed by atoms with Crippen LogP contribution in [0.1, 0.15) is 24.7 Å². The number of benzene rings is 2. The minimum Gasteiger partial charge on any atom is -0.440 e. The van der Waals surface area contributed by atoms with Crippen molar-refractivity contribution in [2.24, 2.45) is 0 Å². The maximum atomic E-state index is 12.5. The van der Waals surface area contributed by atoms with Crippen LogP contribution >= 0.6 is 23.2 Å². The Kier molecular flexibility index (Phi) is 4.42. The third-order valence-corrected chi connectivity index (χ3v) is 5.85. The average Bonchev–Trinajstić information content (AvgIpc) is 3.31. The molecular weight excluding hydrogens is 395 g/mol. The second-order valence-corrected chi connectivity index (χ2v) is 8.68. The number of sulfonamides is 1. The number of aromatic nitrogens is 1. The Morgan fingerprint density at radius 3 is 2.31 bits per heavy atom. The van der Waals surface area contributed by atoms with Gasteiger partial charge in [-0.15, -0.1) is 0 Å². The van der Waals surface area contributed by atoms with E-state index in [2.05, 4.69) is 9.71 Å². The predicted molar refractivity (Wildman–Crippen MR) is 101 cm³/mol. The number of hydrogen-bond donors (Lipinski definition) is 1. The summed E-state index contributed by atoms with van der Waals surface area (Å²) in [4.78, 5) is 4.40. The molecule has 2 aromatic carbocycles. The molecule has 1 aliphatic rings. The topological polar surface area (TPSA) is 72.2 Å². The van der Waals surface area contributed by atoms with Gasteiger partial charge in [0, 0.05) is 21.5 Å². The smallest absolute Gasteiger partial charge is 0.261 e. The Labute approximate surface area is 161 Å². The first-order valence-electron chi connectivity index (χ1n) is 7.96. The Hall–Kier alpha value is -2.02. The van der Waals surface area contributed by atoms with Gasteiger partial charge in [0.25, 0.3) is 10.0 Å². The standard InChI is InChI=1S/C18H14Cl2N2O3S/c19-13-7-14(20)9-15(8-13)22-26(23,24)16-5-3-11(4-6-16)17-10-21-18(25-17)12-1-2-12/h3-10,12,22H,1-2H2. The minimum atomic E-state index is -3.76. The summed E-state index contributed by atoms with van der Waals surface area (Å²) >= 11 is 11.8. The van der Waals surface area contributed by atoms with Crippen molar-refractivity contribution in [2.45, 2.75) is 23.7 Å². The first-order valence-corrected chi connectivity index (χ1v) is 10.2. The third kappa shape index (κ3) is 3.72. The molecule has 0 atom stereocenters. The summed E-state index contributed by atoms with van der Waals surface area (Å²) in [5, 5.41) is 0.699. The van der Waals surface area contributed by atoms with Gasteiger partial charge < -0.3 is 4.42 Å². The fourth-order valence-corrected chi connectivity index (χ4v) is 4.13. The van der Waals surface area contributed by atoms with Crippen LogP contribution in [0, 0.1) is 0 Å². The molecule has 1 saturated carbocycles. The maximum absolute atomic E-state index is 12.5. The molecule has 3 aromatic rings. The Bertz CT molecular complexity index is 1040. The molecule has 1 heterocycles. The lowest BCUT2D eigenvalue weighted by Crippen LogP contribution is -2.12. The van der Waals surface area contributed by atoms with Gasteiger partial charge in [0.1, 0.15) is 0 Å². The van der Waals surface area contributed by atoms with Crippen LogP contribution in [0.25, 0.3) is 11.3 Å². The zero-order valence-electron chi connectivity index (χ0n) is 13.4. The molecule has 1 aliphatic carbocycles. The van der Waals surface area contributed by atoms with E-state index in [4.69, 9.17) is 27.6 Å². The number of rotatable bonds is 5. The van der Waals surface area contributed by atoms with Crippen LogP contribution in [-0.2, 0) is 10.0 Å². The van der Waals surface area contributed by atoms with Crippen molar-refractivity contribution in [1.82, 2.24) is 4.98 Å². The largest absolute Gasteiger partial charge is 0.440 e. The van der Waals surface area contributed by atoms with Crippen LogP contribution in [0.2, 0.25) is 10.0 Å². The lowest BCUT2D eigenvalue weighted by Gasteiger charge is -2.09. The molecule has 0 saturated heterocycles. The zero-order chi connectivity index (χ0) is 18.3. The van der Waals surface area contributed by atoms with Crippen molar-refractivity contribution in [3.05, 3.63) is 64.6 Å². The fraction of sp³-hybridized carbons (Fsp3) is 0.167. The van der Waals surface area contributed by atoms with Crippen molar-refractivity contribution in [1.29, 1.82) is 0 Å². The molecule has 0 unspecified atom stereocenters. The average molecular weight is 409 g/mol. The number of hydrogen-bond acceptors (Lipinski definition) is 4. The zero-order valence-corrected chi connectivity index (χ0v) is 15.8. The molecular formula is C18H14Cl2N2O3S. The molecule has 0 aliphatic heterocycles. The van der Waals surface area contributed by atoms with E-state index in [0.29, 0.717) is 27.4 Å². The second-order valence-electron chi connectivity index (χ2n) is 6.13. The van der Waals surface area contributed by atoms with Gasteiger partial charge in [0.2, 0.25) is 0 Å². The number of nitrogens with one attached hydrogen (secondary N) is 1. The molecule has 1 N–H and O–H groups in total. The molecule has 0 radical (unpaired) electrons. The van der Waals surface area contributed by atoms with E-state index in [1.54, 1.807) is 18.3 Å². The van der Waals surface area contributed by atoms with E-state index in [-0.39, 0.29) is 4.90 Å². The third-order valence-electron chi connectivity index (χ3n) is 4.01. The van der Waals surface area contributed by atoms with Crippen molar-refractivity contribution in [3.63, 3.8) is 0 Å². The molecule has 134 valence electrons. The van der Waals surface area contributed by atoms with Crippen LogP contribution < -0.4 is 4.72 Å². The number of anilines is 1. The van der Waals surface area contributed by atoms with Crippen molar-refractivity contribution < 1.29 is 12.8 Å². The summed E-state index contributed by atoms with van der Waals surface area (Å²) in [6.45, 7) is 0. The minimum absolute atomic E-state index is 0.124. The van der Waals surface area contributed by atoms with E-state index in [1.165, 1.54) is 30.3 Å². The van der Waals surface area contributed by atoms with E-state index < -0.39 is 10.0 Å². The SMILES string of the molecule is O=S(=O)(Nc1cc(Cl)cc(Cl)c1)c1ccc(-c2cnc(C3CC3)o2)cc1. The fourth-order valence-electron chi connectivity index (χ4n) is 2.57. The lowest BCUT2D eigenvalue weighted by molar-refractivity contribution is 0.509. The maximum Gasteiger partial charge on any atom is 0.261 e. The first kappa shape index (κ1) is 17.4. The van der Waals surface area contributed by atoms with Crippen LogP contribution in [0.3, 0.4) is 0 Å². The molecule has 1 aromatic heterocycles. The van der Waals surface area contributed by atoms with E-state index in [1.807, 2.05) is 0 Å². The highest BCUT2D eigenvalue weighted by molar-refractivity contribution is 7.92. The highest BCUT2D eigenvalue weighted by atomic mass is 35.5. The van der Waals surface area contributed by atoms with Crippen LogP contribution in [0.4, 0.5) is 5.69 Å². The normalized spacial score (nSPS) is 14.4. The van der Waals surface area contributed by atoms with Gasteiger partial charge in [-0.25, -0.2) is 13.4 Å². The molecule has 0 spiro atoms. The molecule has 0 bridgehead atoms. The molecule has 1 fully saturated rings. The summed E-state index contributed by atoms with van der Waals surface area (Å²) in [5.41, 5.74) is 1.07. The number of nitrogens with zero attached hydrogens (tertiary/aromatic N) is 1. The van der Waals surface area contributed by atoms with Gasteiger partial charge in [0.05, 0.1) is 16.8 Å². The van der Waals surface area contributed by atoms with Gasteiger partial charge in [-0.1, -0.05) is 23.2 Å². The van der Waals surface area contributed by atoms with Gasteiger partial charge >= 0.3 is 0 Å². The van der Waals surface area contributed by atoms with E-state index in [0.717, 1.165) is 24.3 Å². The predicted octanol–water partition coefficient (Wildman–Crippen LogP) is 5.33. The summed E-state index contributed by atoms with van der Waals surface area (Å²) in [6.07, 6.45) is 3.88. The highest BCUT2D eigenvalue weighted by Crippen LogP contribution is 2.40. The van der Waals surface area contributed by atoms with Gasteiger partial charge in [-0.2, -0.15) is 0 Å². The quantitative estimate of drug-likeness (QED) is 0.619.